The van der Waals surface area contributed by atoms with E-state index in [0.717, 1.165) is 54.5 Å². The van der Waals surface area contributed by atoms with Gasteiger partial charge in [-0.1, -0.05) is 74.7 Å². The average molecular weight is 533 g/mol. The van der Waals surface area contributed by atoms with Crippen molar-refractivity contribution < 1.29 is 9.90 Å². The molecule has 2 aromatic carbocycles. The summed E-state index contributed by atoms with van der Waals surface area (Å²) in [5.74, 6) is -0.164. The Balaban J connectivity index is 1.67. The third-order valence-corrected chi connectivity index (χ3v) is 7.93. The van der Waals surface area contributed by atoms with Crippen molar-refractivity contribution in [3.63, 3.8) is 0 Å². The van der Waals surface area contributed by atoms with Crippen LogP contribution in [0.1, 0.15) is 66.1 Å². The van der Waals surface area contributed by atoms with Gasteiger partial charge < -0.3 is 15.3 Å². The van der Waals surface area contributed by atoms with Crippen LogP contribution in [-0.4, -0.2) is 41.0 Å². The van der Waals surface area contributed by atoms with E-state index in [9.17, 15) is 9.90 Å². The number of aliphatic hydroxyl groups is 1. The van der Waals surface area contributed by atoms with E-state index in [-0.39, 0.29) is 11.8 Å². The topological polar surface area (TPSA) is 65.5 Å². The second kappa shape index (κ2) is 12.9. The van der Waals surface area contributed by atoms with Gasteiger partial charge in [-0.2, -0.15) is 0 Å². The van der Waals surface area contributed by atoms with Gasteiger partial charge in [-0.3, -0.25) is 9.78 Å². The van der Waals surface area contributed by atoms with Crippen molar-refractivity contribution in [2.75, 3.05) is 20.1 Å². The maximum atomic E-state index is 13.5. The van der Waals surface area contributed by atoms with Gasteiger partial charge >= 0.3 is 0 Å². The van der Waals surface area contributed by atoms with Gasteiger partial charge in [0.15, 0.2) is 0 Å². The molecule has 1 radical (unpaired) electrons. The molecule has 5 nitrogen and oxygen atoms in total. The smallest absolute Gasteiger partial charge is 0.253 e. The van der Waals surface area contributed by atoms with Crippen molar-refractivity contribution in [2.45, 2.75) is 57.6 Å². The fourth-order valence-electron chi connectivity index (χ4n) is 5.76. The molecular weight excluding hydrogens is 494 g/mol. The Kier molecular flexibility index (Phi) is 9.59. The van der Waals surface area contributed by atoms with Gasteiger partial charge in [0.25, 0.3) is 5.91 Å². The number of benzene rings is 2. The van der Waals surface area contributed by atoms with Crippen LogP contribution in [0.25, 0.3) is 11.1 Å². The Morgan fingerprint density at radius 1 is 1.21 bits per heavy atom. The zero-order chi connectivity index (χ0) is 27.1. The number of likely N-dealkylation sites (tertiary alicyclic amines) is 1. The molecule has 1 fully saturated rings. The minimum Gasteiger partial charge on any atom is -0.385 e. The van der Waals surface area contributed by atoms with Crippen LogP contribution in [0.4, 0.5) is 0 Å². The SMILES string of the molecule is [CH2]CCC(O)(c1cncc(Cl)c1-c1cccc(CCC)c1)C1CCCN(C(=O)c2ccc(CNC)cc2)C1. The number of piperidine rings is 1. The number of halogens is 1. The first-order valence-electron chi connectivity index (χ1n) is 13.7. The summed E-state index contributed by atoms with van der Waals surface area (Å²) >= 11 is 6.77. The van der Waals surface area contributed by atoms with Gasteiger partial charge in [0.1, 0.15) is 0 Å². The second-order valence-corrected chi connectivity index (χ2v) is 10.7. The third-order valence-electron chi connectivity index (χ3n) is 7.64. The third kappa shape index (κ3) is 6.12. The monoisotopic (exact) mass is 532 g/mol. The maximum Gasteiger partial charge on any atom is 0.253 e. The highest BCUT2D eigenvalue weighted by Gasteiger charge is 2.43. The summed E-state index contributed by atoms with van der Waals surface area (Å²) in [4.78, 5) is 19.7. The molecule has 1 aliphatic rings. The standard InChI is InChI=1S/C32H39ClN3O2/c1-4-8-23-9-6-10-26(18-23)30-28(20-35-21-29(30)33)32(38,16-5-2)27-11-7-17-36(22-27)31(37)25-14-12-24(13-15-25)19-34-3/h6,9-10,12-15,18,20-21,27,34,38H,2,4-5,7-8,11,16-17,19,22H2,1,3H3. The Bertz CT molecular complexity index is 1230. The van der Waals surface area contributed by atoms with Crippen LogP contribution in [0, 0.1) is 12.8 Å². The van der Waals surface area contributed by atoms with E-state index in [4.69, 9.17) is 11.6 Å². The normalized spacial score (nSPS) is 17.3. The summed E-state index contributed by atoms with van der Waals surface area (Å²) in [5.41, 5.74) is 4.34. The van der Waals surface area contributed by atoms with Gasteiger partial charge in [0, 0.05) is 54.6 Å². The molecule has 38 heavy (non-hydrogen) atoms. The molecule has 0 saturated carbocycles. The van der Waals surface area contributed by atoms with Gasteiger partial charge in [-0.05, 0) is 61.6 Å². The number of nitrogens with zero attached hydrogens (tertiary/aromatic N) is 2. The molecule has 4 rings (SSSR count). The van der Waals surface area contributed by atoms with Crippen LogP contribution in [-0.2, 0) is 18.6 Å². The number of aryl methyl sites for hydroxylation is 1. The van der Waals surface area contributed by atoms with Crippen molar-refractivity contribution in [3.05, 3.63) is 95.1 Å². The van der Waals surface area contributed by atoms with E-state index in [0.29, 0.717) is 36.5 Å². The van der Waals surface area contributed by atoms with Crippen molar-refractivity contribution in [3.8, 4) is 11.1 Å². The predicted octanol–water partition coefficient (Wildman–Crippen LogP) is 6.43. The number of carbonyl (C=O) groups is 1. The lowest BCUT2D eigenvalue weighted by Gasteiger charge is -2.43. The molecule has 2 heterocycles. The van der Waals surface area contributed by atoms with Crippen LogP contribution >= 0.6 is 11.6 Å². The summed E-state index contributed by atoms with van der Waals surface area (Å²) in [6.07, 6.45) is 8.07. The van der Waals surface area contributed by atoms with Gasteiger partial charge in [0.05, 0.1) is 10.6 Å². The van der Waals surface area contributed by atoms with Gasteiger partial charge in [-0.15, -0.1) is 0 Å². The van der Waals surface area contributed by atoms with E-state index < -0.39 is 5.60 Å². The summed E-state index contributed by atoms with van der Waals surface area (Å²) in [5, 5.41) is 16.1. The van der Waals surface area contributed by atoms with E-state index in [1.807, 2.05) is 48.3 Å². The molecule has 1 aliphatic heterocycles. The molecule has 2 unspecified atom stereocenters. The first-order valence-corrected chi connectivity index (χ1v) is 14.1. The molecule has 6 heteroatoms. The molecule has 3 aromatic rings. The Morgan fingerprint density at radius 2 is 2.00 bits per heavy atom. The number of amides is 1. The first kappa shape index (κ1) is 28.3. The van der Waals surface area contributed by atoms with Crippen LogP contribution in [0.2, 0.25) is 5.02 Å². The molecule has 1 aromatic heterocycles. The molecule has 2 atom stereocenters. The number of carbonyl (C=O) groups excluding carboxylic acids is 1. The Morgan fingerprint density at radius 3 is 2.71 bits per heavy atom. The minimum atomic E-state index is -1.22. The van der Waals surface area contributed by atoms with Crippen LogP contribution < -0.4 is 5.32 Å². The fraction of sp³-hybridized carbons (Fsp3) is 0.406. The quantitative estimate of drug-likeness (QED) is 0.316. The van der Waals surface area contributed by atoms with Crippen molar-refractivity contribution >= 4 is 17.5 Å². The van der Waals surface area contributed by atoms with E-state index in [1.54, 1.807) is 12.4 Å². The van der Waals surface area contributed by atoms with E-state index in [1.165, 1.54) is 5.56 Å². The Hall–Kier alpha value is -2.73. The van der Waals surface area contributed by atoms with Crippen LogP contribution in [0.3, 0.4) is 0 Å². The molecule has 2 N–H and O–H groups in total. The molecular formula is C32H39ClN3O2. The number of nitrogens with one attached hydrogen (secondary N) is 1. The zero-order valence-corrected chi connectivity index (χ0v) is 23.3. The van der Waals surface area contributed by atoms with E-state index >= 15 is 0 Å². The summed E-state index contributed by atoms with van der Waals surface area (Å²) in [7, 11) is 1.91. The molecule has 0 spiro atoms. The number of aromatic nitrogens is 1. The fourth-order valence-corrected chi connectivity index (χ4v) is 6.03. The molecule has 1 amide bonds. The first-order chi connectivity index (χ1) is 18.4. The van der Waals surface area contributed by atoms with E-state index in [2.05, 4.69) is 36.3 Å². The summed E-state index contributed by atoms with van der Waals surface area (Å²) in [6.45, 7) is 8.15. The lowest BCUT2D eigenvalue weighted by atomic mass is 9.72. The average Bonchev–Trinajstić information content (AvgIpc) is 2.93. The largest absolute Gasteiger partial charge is 0.385 e. The lowest BCUT2D eigenvalue weighted by Crippen LogP contribution is -2.48. The predicted molar refractivity (Wildman–Crippen MR) is 155 cm³/mol. The maximum absolute atomic E-state index is 13.5. The highest BCUT2D eigenvalue weighted by atomic mass is 35.5. The minimum absolute atomic E-state index is 0.000564. The number of rotatable bonds is 10. The summed E-state index contributed by atoms with van der Waals surface area (Å²) in [6, 6.07) is 16.1. The number of hydrogen-bond donors (Lipinski definition) is 2. The lowest BCUT2D eigenvalue weighted by molar-refractivity contribution is -0.0548. The number of pyridine rings is 1. The molecule has 0 bridgehead atoms. The van der Waals surface area contributed by atoms with Crippen LogP contribution in [0.15, 0.2) is 60.9 Å². The highest BCUT2D eigenvalue weighted by molar-refractivity contribution is 6.33. The van der Waals surface area contributed by atoms with Gasteiger partial charge in [0.2, 0.25) is 0 Å². The van der Waals surface area contributed by atoms with Crippen molar-refractivity contribution in [2.24, 2.45) is 5.92 Å². The zero-order valence-electron chi connectivity index (χ0n) is 22.5. The highest BCUT2D eigenvalue weighted by Crippen LogP contribution is 2.45. The van der Waals surface area contributed by atoms with Gasteiger partial charge in [-0.25, -0.2) is 0 Å². The Labute approximate surface area is 232 Å². The van der Waals surface area contributed by atoms with Crippen molar-refractivity contribution in [1.82, 2.24) is 15.2 Å². The van der Waals surface area contributed by atoms with Crippen molar-refractivity contribution in [1.29, 1.82) is 0 Å². The van der Waals surface area contributed by atoms with Crippen LogP contribution in [0.5, 0.6) is 0 Å². The summed E-state index contributed by atoms with van der Waals surface area (Å²) < 4.78 is 0. The molecule has 1 saturated heterocycles. The second-order valence-electron chi connectivity index (χ2n) is 10.3. The molecule has 201 valence electrons. The molecule has 0 aliphatic carbocycles. The number of hydrogen-bond acceptors (Lipinski definition) is 4.